The van der Waals surface area contributed by atoms with E-state index in [-0.39, 0.29) is 17.6 Å². The summed E-state index contributed by atoms with van der Waals surface area (Å²) in [6.07, 6.45) is 1.70. The smallest absolute Gasteiger partial charge is 0.231 e. The van der Waals surface area contributed by atoms with Gasteiger partial charge in [-0.3, -0.25) is 9.69 Å². The third-order valence-corrected chi connectivity index (χ3v) is 6.19. The monoisotopic (exact) mass is 443 g/mol. The molecule has 33 heavy (non-hydrogen) atoms. The minimum Gasteiger partial charge on any atom is -0.493 e. The molecule has 168 valence electrons. The van der Waals surface area contributed by atoms with Crippen LogP contribution in [0.4, 0.5) is 0 Å². The van der Waals surface area contributed by atoms with Crippen LogP contribution in [0.1, 0.15) is 40.0 Å². The second-order valence-corrected chi connectivity index (χ2v) is 8.05. The molecule has 0 saturated carbocycles. The van der Waals surface area contributed by atoms with E-state index in [0.29, 0.717) is 41.7 Å². The fourth-order valence-electron chi connectivity index (χ4n) is 4.33. The number of rotatable bonds is 5. The van der Waals surface area contributed by atoms with Crippen molar-refractivity contribution in [3.63, 3.8) is 0 Å². The predicted octanol–water partition coefficient (Wildman–Crippen LogP) is 5.23. The van der Waals surface area contributed by atoms with Gasteiger partial charge in [0, 0.05) is 18.2 Å². The number of allylic oxidation sites excluding steroid dienone is 1. The van der Waals surface area contributed by atoms with Gasteiger partial charge >= 0.3 is 0 Å². The summed E-state index contributed by atoms with van der Waals surface area (Å²) in [7, 11) is 3.15. The lowest BCUT2D eigenvalue weighted by Gasteiger charge is -2.34. The number of carbonyl (C=O) groups is 1. The van der Waals surface area contributed by atoms with Gasteiger partial charge in [-0.1, -0.05) is 42.5 Å². The van der Waals surface area contributed by atoms with Crippen molar-refractivity contribution in [3.05, 3.63) is 88.7 Å². The number of fused-ring (bicyclic) bond motifs is 3. The molecule has 0 saturated heterocycles. The molecule has 1 atom stereocenters. The van der Waals surface area contributed by atoms with Gasteiger partial charge in [0.25, 0.3) is 0 Å². The fraction of sp³-hybridized carbons (Fsp3) is 0.222. The molecule has 0 aliphatic carbocycles. The summed E-state index contributed by atoms with van der Waals surface area (Å²) in [5.41, 5.74) is 3.34. The first-order valence-electron chi connectivity index (χ1n) is 10.8. The standard InChI is InChI=1S/C27H25NO5/c1-17(18-8-5-4-6-9-18)28-15-21-22(32-16-28)13-12-20-25(29)24(33-27(20)21)14-19-10-7-11-23(30-2)26(19)31-3/h4-14,17H,15-16H2,1-3H3/b24-14-. The number of ether oxygens (including phenoxy) is 4. The molecule has 1 unspecified atom stereocenters. The molecule has 2 aliphatic rings. The van der Waals surface area contributed by atoms with Crippen LogP contribution >= 0.6 is 0 Å². The topological polar surface area (TPSA) is 57.2 Å². The predicted molar refractivity (Wildman–Crippen MR) is 125 cm³/mol. The third kappa shape index (κ3) is 3.72. The van der Waals surface area contributed by atoms with Crippen LogP contribution in [0.5, 0.6) is 23.0 Å². The van der Waals surface area contributed by atoms with E-state index in [1.165, 1.54) is 5.56 Å². The zero-order valence-corrected chi connectivity index (χ0v) is 18.8. The second kappa shape index (κ2) is 8.64. The second-order valence-electron chi connectivity index (χ2n) is 8.05. The number of benzene rings is 3. The molecule has 5 rings (SSSR count). The van der Waals surface area contributed by atoms with Gasteiger partial charge in [-0.05, 0) is 36.8 Å². The Kier molecular flexibility index (Phi) is 5.52. The molecule has 0 amide bonds. The summed E-state index contributed by atoms with van der Waals surface area (Å²) >= 11 is 0. The molecule has 2 aliphatic heterocycles. The molecular formula is C27H25NO5. The summed E-state index contributed by atoms with van der Waals surface area (Å²) < 4.78 is 23.0. The van der Waals surface area contributed by atoms with Crippen LogP contribution in [-0.4, -0.2) is 31.6 Å². The van der Waals surface area contributed by atoms with Gasteiger partial charge in [-0.15, -0.1) is 0 Å². The van der Waals surface area contributed by atoms with Gasteiger partial charge in [0.15, 0.2) is 17.3 Å². The van der Waals surface area contributed by atoms with E-state index in [0.717, 1.165) is 11.3 Å². The zero-order valence-electron chi connectivity index (χ0n) is 18.8. The lowest BCUT2D eigenvalue weighted by atomic mass is 10.0. The van der Waals surface area contributed by atoms with Crippen LogP contribution < -0.4 is 18.9 Å². The molecular weight excluding hydrogens is 418 g/mol. The van der Waals surface area contributed by atoms with E-state index in [1.807, 2.05) is 42.5 Å². The number of para-hydroxylation sites is 1. The number of Topliss-reactive ketones (excluding diaryl/α,β-unsaturated/α-hetero) is 1. The molecule has 0 radical (unpaired) electrons. The normalized spacial score (nSPS) is 17.1. The molecule has 3 aromatic carbocycles. The van der Waals surface area contributed by atoms with E-state index in [1.54, 1.807) is 26.4 Å². The van der Waals surface area contributed by atoms with Gasteiger partial charge in [-0.25, -0.2) is 0 Å². The highest BCUT2D eigenvalue weighted by Gasteiger charge is 2.34. The minimum atomic E-state index is -0.161. The summed E-state index contributed by atoms with van der Waals surface area (Å²) in [4.78, 5) is 15.4. The minimum absolute atomic E-state index is 0.156. The van der Waals surface area contributed by atoms with Gasteiger partial charge in [-0.2, -0.15) is 0 Å². The summed E-state index contributed by atoms with van der Waals surface area (Å²) in [6, 6.07) is 19.6. The van der Waals surface area contributed by atoms with Crippen LogP contribution in [-0.2, 0) is 6.54 Å². The number of ketones is 1. The van der Waals surface area contributed by atoms with Crippen molar-refractivity contribution >= 4 is 11.9 Å². The number of hydrogen-bond donors (Lipinski definition) is 0. The first-order valence-corrected chi connectivity index (χ1v) is 10.8. The number of hydrogen-bond acceptors (Lipinski definition) is 6. The van der Waals surface area contributed by atoms with Gasteiger partial charge in [0.1, 0.15) is 18.2 Å². The van der Waals surface area contributed by atoms with Crippen LogP contribution in [0, 0.1) is 0 Å². The maximum atomic E-state index is 13.2. The first-order chi connectivity index (χ1) is 16.1. The number of nitrogens with zero attached hydrogens (tertiary/aromatic N) is 1. The quantitative estimate of drug-likeness (QED) is 0.503. The molecule has 0 fully saturated rings. The number of carbonyl (C=O) groups excluding carboxylic acids is 1. The van der Waals surface area contributed by atoms with Crippen molar-refractivity contribution in [1.29, 1.82) is 0 Å². The zero-order chi connectivity index (χ0) is 22.9. The van der Waals surface area contributed by atoms with E-state index in [2.05, 4.69) is 24.0 Å². The van der Waals surface area contributed by atoms with Crippen LogP contribution in [0.15, 0.2) is 66.4 Å². The summed E-state index contributed by atoms with van der Waals surface area (Å²) in [6.45, 7) is 3.25. The van der Waals surface area contributed by atoms with Crippen molar-refractivity contribution in [2.24, 2.45) is 0 Å². The Labute approximate surface area is 193 Å². The molecule has 2 heterocycles. The fourth-order valence-corrected chi connectivity index (χ4v) is 4.33. The highest BCUT2D eigenvalue weighted by Crippen LogP contribution is 2.44. The van der Waals surface area contributed by atoms with E-state index >= 15 is 0 Å². The third-order valence-electron chi connectivity index (χ3n) is 6.19. The Morgan fingerprint density at radius 3 is 2.58 bits per heavy atom. The van der Waals surface area contributed by atoms with Crippen molar-refractivity contribution < 1.29 is 23.7 Å². The maximum absolute atomic E-state index is 13.2. The Balaban J connectivity index is 1.47. The highest BCUT2D eigenvalue weighted by atomic mass is 16.5. The van der Waals surface area contributed by atoms with Crippen molar-refractivity contribution in [1.82, 2.24) is 4.90 Å². The molecule has 3 aromatic rings. The van der Waals surface area contributed by atoms with E-state index in [9.17, 15) is 4.79 Å². The number of methoxy groups -OCH3 is 2. The molecule has 0 bridgehead atoms. The average molecular weight is 443 g/mol. The Bertz CT molecular complexity index is 1230. The van der Waals surface area contributed by atoms with Crippen molar-refractivity contribution in [2.75, 3.05) is 21.0 Å². The van der Waals surface area contributed by atoms with Crippen molar-refractivity contribution in [3.8, 4) is 23.0 Å². The molecule has 6 nitrogen and oxygen atoms in total. The van der Waals surface area contributed by atoms with Crippen LogP contribution in [0.25, 0.3) is 6.08 Å². The van der Waals surface area contributed by atoms with Crippen molar-refractivity contribution in [2.45, 2.75) is 19.5 Å². The summed E-state index contributed by atoms with van der Waals surface area (Å²) in [5.74, 6) is 2.54. The maximum Gasteiger partial charge on any atom is 0.231 e. The van der Waals surface area contributed by atoms with E-state index < -0.39 is 0 Å². The molecule has 6 heteroatoms. The lowest BCUT2D eigenvalue weighted by Crippen LogP contribution is -2.34. The lowest BCUT2D eigenvalue weighted by molar-refractivity contribution is 0.0606. The van der Waals surface area contributed by atoms with Crippen LogP contribution in [0.3, 0.4) is 0 Å². The van der Waals surface area contributed by atoms with Gasteiger partial charge in [0.2, 0.25) is 5.78 Å². The van der Waals surface area contributed by atoms with Crippen LogP contribution in [0.2, 0.25) is 0 Å². The summed E-state index contributed by atoms with van der Waals surface area (Å²) in [5, 5.41) is 0. The molecule has 0 aromatic heterocycles. The SMILES string of the molecule is COc1cccc(/C=C2\Oc3c(ccc4c3CN(C(C)c3ccccc3)CO4)C2=O)c1OC. The highest BCUT2D eigenvalue weighted by molar-refractivity contribution is 6.15. The average Bonchev–Trinajstić information content (AvgIpc) is 3.19. The van der Waals surface area contributed by atoms with E-state index in [4.69, 9.17) is 18.9 Å². The molecule has 0 N–H and O–H groups in total. The Morgan fingerprint density at radius 2 is 1.82 bits per heavy atom. The van der Waals surface area contributed by atoms with Gasteiger partial charge < -0.3 is 18.9 Å². The van der Waals surface area contributed by atoms with Gasteiger partial charge in [0.05, 0.1) is 25.3 Å². The first kappa shape index (κ1) is 21.1. The Morgan fingerprint density at radius 1 is 1.00 bits per heavy atom. The molecule has 0 spiro atoms. The Hall–Kier alpha value is -3.77. The largest absolute Gasteiger partial charge is 0.493 e.